The molecule has 0 bridgehead atoms. The van der Waals surface area contributed by atoms with Crippen molar-refractivity contribution in [2.24, 2.45) is 0 Å². The third-order valence-corrected chi connectivity index (χ3v) is 3.98. The predicted octanol–water partition coefficient (Wildman–Crippen LogP) is 2.21. The number of H-pyrrole nitrogens is 1. The van der Waals surface area contributed by atoms with Gasteiger partial charge in [0, 0.05) is 31.0 Å². The Labute approximate surface area is 145 Å². The number of benzene rings is 1. The average molecular weight is 341 g/mol. The van der Waals surface area contributed by atoms with Gasteiger partial charge < -0.3 is 9.88 Å². The zero-order valence-electron chi connectivity index (χ0n) is 14.2. The van der Waals surface area contributed by atoms with E-state index in [1.54, 1.807) is 6.20 Å². The van der Waals surface area contributed by atoms with E-state index in [1.165, 1.54) is 6.92 Å². The van der Waals surface area contributed by atoms with Crippen molar-refractivity contribution in [3.8, 4) is 11.4 Å². The Hall–Kier alpha value is -2.80. The van der Waals surface area contributed by atoms with Crippen molar-refractivity contribution in [1.82, 2.24) is 24.6 Å². The molecular formula is C18H20FN5O. The minimum Gasteiger partial charge on any atom is -0.304 e. The molecule has 0 radical (unpaired) electrons. The molecule has 0 saturated carbocycles. The molecule has 1 aromatic carbocycles. The number of hydrogen-bond donors (Lipinski definition) is 1. The molecule has 0 aliphatic rings. The number of hydrogen-bond acceptors (Lipinski definition) is 4. The van der Waals surface area contributed by atoms with Gasteiger partial charge in [-0.1, -0.05) is 24.3 Å². The average Bonchev–Trinajstić information content (AvgIpc) is 3.12. The minimum atomic E-state index is -0.834. The van der Waals surface area contributed by atoms with Gasteiger partial charge in [-0.25, -0.2) is 4.98 Å². The van der Waals surface area contributed by atoms with Gasteiger partial charge in [0.1, 0.15) is 5.82 Å². The van der Waals surface area contributed by atoms with E-state index in [0.717, 1.165) is 30.8 Å². The van der Waals surface area contributed by atoms with E-state index in [1.807, 2.05) is 41.2 Å². The first kappa shape index (κ1) is 17.0. The van der Waals surface area contributed by atoms with Crippen LogP contribution >= 0.6 is 0 Å². The topological polar surface area (TPSA) is 66.8 Å². The van der Waals surface area contributed by atoms with E-state index in [4.69, 9.17) is 0 Å². The highest BCUT2D eigenvalue weighted by Gasteiger charge is 2.09. The van der Waals surface area contributed by atoms with Crippen molar-refractivity contribution >= 4 is 0 Å². The molecule has 3 aromatic rings. The molecule has 0 unspecified atom stereocenters. The molecule has 0 fully saturated rings. The van der Waals surface area contributed by atoms with Crippen LogP contribution in [0.3, 0.4) is 0 Å². The van der Waals surface area contributed by atoms with Gasteiger partial charge in [-0.05, 0) is 25.6 Å². The van der Waals surface area contributed by atoms with Crippen LogP contribution in [-0.2, 0) is 13.1 Å². The predicted molar refractivity (Wildman–Crippen MR) is 93.5 cm³/mol. The fourth-order valence-corrected chi connectivity index (χ4v) is 2.57. The van der Waals surface area contributed by atoms with E-state index in [0.29, 0.717) is 5.82 Å². The quantitative estimate of drug-likeness (QED) is 0.746. The molecule has 25 heavy (non-hydrogen) atoms. The van der Waals surface area contributed by atoms with Gasteiger partial charge in [-0.2, -0.15) is 9.49 Å². The summed E-state index contributed by atoms with van der Waals surface area (Å²) < 4.78 is 15.3. The summed E-state index contributed by atoms with van der Waals surface area (Å²) in [4.78, 5) is 20.3. The fraction of sp³-hybridized carbons (Fsp3) is 0.278. The number of likely N-dealkylation sites (N-methyl/N-ethyl adjacent to an activating group) is 1. The molecule has 130 valence electrons. The molecule has 0 spiro atoms. The monoisotopic (exact) mass is 341 g/mol. The molecule has 2 heterocycles. The summed E-state index contributed by atoms with van der Waals surface area (Å²) in [5.74, 6) is -0.457. The second kappa shape index (κ2) is 7.40. The molecule has 0 saturated heterocycles. The van der Waals surface area contributed by atoms with E-state index in [-0.39, 0.29) is 5.69 Å². The number of nitrogens with zero attached hydrogens (tertiary/aromatic N) is 4. The largest absolute Gasteiger partial charge is 0.304 e. The third kappa shape index (κ3) is 4.19. The number of rotatable bonds is 6. The van der Waals surface area contributed by atoms with Crippen molar-refractivity contribution < 1.29 is 4.39 Å². The van der Waals surface area contributed by atoms with Gasteiger partial charge in [0.15, 0.2) is 0 Å². The van der Waals surface area contributed by atoms with Crippen LogP contribution in [0, 0.1) is 12.7 Å². The summed E-state index contributed by atoms with van der Waals surface area (Å²) in [6.45, 7) is 4.00. The molecule has 6 nitrogen and oxygen atoms in total. The van der Waals surface area contributed by atoms with Gasteiger partial charge in [0.05, 0.1) is 12.2 Å². The Morgan fingerprint density at radius 1 is 1.28 bits per heavy atom. The Kier molecular flexibility index (Phi) is 5.04. The maximum Gasteiger partial charge on any atom is 0.287 e. The maximum atomic E-state index is 13.4. The molecule has 0 atom stereocenters. The number of aryl methyl sites for hydroxylation is 1. The second-order valence-corrected chi connectivity index (χ2v) is 6.02. The summed E-state index contributed by atoms with van der Waals surface area (Å²) >= 11 is 0. The summed E-state index contributed by atoms with van der Waals surface area (Å²) in [5.41, 5.74) is 1.25. The van der Waals surface area contributed by atoms with Crippen LogP contribution in [0.5, 0.6) is 0 Å². The van der Waals surface area contributed by atoms with Crippen molar-refractivity contribution in [2.45, 2.75) is 20.0 Å². The molecule has 0 aliphatic carbocycles. The van der Waals surface area contributed by atoms with Crippen LogP contribution in [0.4, 0.5) is 4.39 Å². The minimum absolute atomic E-state index is 0.0983. The van der Waals surface area contributed by atoms with Crippen LogP contribution in [0.15, 0.2) is 47.5 Å². The van der Waals surface area contributed by atoms with Gasteiger partial charge in [-0.15, -0.1) is 0 Å². The number of nitrogens with one attached hydrogen (secondary N) is 1. The highest BCUT2D eigenvalue weighted by molar-refractivity contribution is 5.55. The SMILES string of the molecule is Cc1nc(-c2ccc(CN(C)CCn3cccn3)cc2)[nH]c(=O)c1F. The third-order valence-electron chi connectivity index (χ3n) is 3.98. The summed E-state index contributed by atoms with van der Waals surface area (Å²) in [6.07, 6.45) is 3.72. The van der Waals surface area contributed by atoms with Crippen LogP contribution < -0.4 is 5.56 Å². The normalized spacial score (nSPS) is 11.2. The standard InChI is InChI=1S/C18H20FN5O/c1-13-16(19)18(25)22-17(21-13)15-6-4-14(5-7-15)12-23(2)10-11-24-9-3-8-20-24/h3-9H,10-12H2,1-2H3,(H,21,22,25). The van der Waals surface area contributed by atoms with Crippen LogP contribution in [0.1, 0.15) is 11.3 Å². The van der Waals surface area contributed by atoms with Crippen LogP contribution in [-0.4, -0.2) is 38.2 Å². The van der Waals surface area contributed by atoms with E-state index in [2.05, 4.69) is 27.0 Å². The van der Waals surface area contributed by atoms with Crippen molar-refractivity contribution in [3.05, 3.63) is 70.2 Å². The highest BCUT2D eigenvalue weighted by Crippen LogP contribution is 2.16. The lowest BCUT2D eigenvalue weighted by molar-refractivity contribution is 0.305. The first-order valence-electron chi connectivity index (χ1n) is 8.04. The van der Waals surface area contributed by atoms with Gasteiger partial charge in [0.2, 0.25) is 5.82 Å². The van der Waals surface area contributed by atoms with Crippen LogP contribution in [0.25, 0.3) is 11.4 Å². The molecule has 2 aromatic heterocycles. The Morgan fingerprint density at radius 3 is 2.68 bits per heavy atom. The number of halogens is 1. The number of aromatic nitrogens is 4. The Morgan fingerprint density at radius 2 is 2.04 bits per heavy atom. The Balaban J connectivity index is 1.65. The second-order valence-electron chi connectivity index (χ2n) is 6.02. The highest BCUT2D eigenvalue weighted by atomic mass is 19.1. The van der Waals surface area contributed by atoms with Gasteiger partial charge in [0.25, 0.3) is 5.56 Å². The maximum absolute atomic E-state index is 13.4. The Bertz CT molecular complexity index is 887. The zero-order chi connectivity index (χ0) is 17.8. The molecule has 0 amide bonds. The lowest BCUT2D eigenvalue weighted by Crippen LogP contribution is -2.23. The smallest absolute Gasteiger partial charge is 0.287 e. The van der Waals surface area contributed by atoms with Gasteiger partial charge in [-0.3, -0.25) is 9.48 Å². The lowest BCUT2D eigenvalue weighted by Gasteiger charge is -2.16. The summed E-state index contributed by atoms with van der Waals surface area (Å²) in [7, 11) is 2.06. The van der Waals surface area contributed by atoms with Gasteiger partial charge >= 0.3 is 0 Å². The van der Waals surface area contributed by atoms with Crippen molar-refractivity contribution in [3.63, 3.8) is 0 Å². The fourth-order valence-electron chi connectivity index (χ4n) is 2.57. The van der Waals surface area contributed by atoms with E-state index < -0.39 is 11.4 Å². The first-order chi connectivity index (χ1) is 12.0. The van der Waals surface area contributed by atoms with E-state index in [9.17, 15) is 9.18 Å². The van der Waals surface area contributed by atoms with E-state index >= 15 is 0 Å². The summed E-state index contributed by atoms with van der Waals surface area (Å²) in [6, 6.07) is 9.64. The molecule has 3 rings (SSSR count). The van der Waals surface area contributed by atoms with Crippen molar-refractivity contribution in [1.29, 1.82) is 0 Å². The molecule has 0 aliphatic heterocycles. The first-order valence-corrected chi connectivity index (χ1v) is 8.04. The lowest BCUT2D eigenvalue weighted by atomic mass is 10.1. The zero-order valence-corrected chi connectivity index (χ0v) is 14.2. The molecule has 7 heteroatoms. The number of aromatic amines is 1. The molecule has 1 N–H and O–H groups in total. The summed E-state index contributed by atoms with van der Waals surface area (Å²) in [5, 5.41) is 4.19. The van der Waals surface area contributed by atoms with Crippen LogP contribution in [0.2, 0.25) is 0 Å². The van der Waals surface area contributed by atoms with Crippen molar-refractivity contribution in [2.75, 3.05) is 13.6 Å². The molecular weight excluding hydrogens is 321 g/mol.